The second kappa shape index (κ2) is 6.21. The van der Waals surface area contributed by atoms with Crippen molar-refractivity contribution in [3.05, 3.63) is 80.6 Å². The van der Waals surface area contributed by atoms with Crippen LogP contribution in [0.15, 0.2) is 54.4 Å². The zero-order chi connectivity index (χ0) is 17.3. The summed E-state index contributed by atoms with van der Waals surface area (Å²) < 4.78 is 5.12. The summed E-state index contributed by atoms with van der Waals surface area (Å²) in [5.41, 5.74) is 0.538. The van der Waals surface area contributed by atoms with Gasteiger partial charge in [0.25, 0.3) is 0 Å². The summed E-state index contributed by atoms with van der Waals surface area (Å²) in [6, 6.07) is 10.7. The number of esters is 1. The third kappa shape index (κ3) is 2.89. The number of rotatable bonds is 4. The number of carbonyl (C=O) groups is 1. The van der Waals surface area contributed by atoms with Gasteiger partial charge in [0.05, 0.1) is 22.4 Å². The molecule has 8 heteroatoms. The molecule has 0 radical (unpaired) electrons. The van der Waals surface area contributed by atoms with E-state index in [0.29, 0.717) is 16.1 Å². The van der Waals surface area contributed by atoms with Crippen LogP contribution in [0.3, 0.4) is 0 Å². The van der Waals surface area contributed by atoms with Crippen LogP contribution >= 0.6 is 11.6 Å². The zero-order valence-corrected chi connectivity index (χ0v) is 12.9. The number of carbonyl (C=O) groups excluding carboxylic acids is 1. The molecule has 0 amide bonds. The molecule has 0 aromatic heterocycles. The fourth-order valence-electron chi connectivity index (χ4n) is 2.36. The van der Waals surface area contributed by atoms with Gasteiger partial charge < -0.3 is 15.2 Å². The molecule has 3 rings (SSSR count). The molecular weight excluding hydrogens is 336 g/mol. The molecule has 0 fully saturated rings. The summed E-state index contributed by atoms with van der Waals surface area (Å²) in [6.45, 7) is 0. The summed E-state index contributed by atoms with van der Waals surface area (Å²) in [5.74, 6) is -0.740. The van der Waals surface area contributed by atoms with Crippen LogP contribution in [0.1, 0.15) is 22.0 Å². The Bertz CT molecular complexity index is 865. The second-order valence-corrected chi connectivity index (χ2v) is 5.44. The molecule has 2 aromatic carbocycles. The zero-order valence-electron chi connectivity index (χ0n) is 12.1. The number of aromatic hydroxyl groups is 1. The summed E-state index contributed by atoms with van der Waals surface area (Å²) >= 11 is 5.83. The Kier molecular flexibility index (Phi) is 4.09. The number of ether oxygens (including phenoxy) is 1. The fraction of sp³-hybridized carbons (Fsp3) is 0.0625. The van der Waals surface area contributed by atoms with Gasteiger partial charge in [0.2, 0.25) is 6.10 Å². The van der Waals surface area contributed by atoms with Crippen molar-refractivity contribution in [1.29, 1.82) is 0 Å². The van der Waals surface area contributed by atoms with Gasteiger partial charge in [-0.05, 0) is 24.3 Å². The van der Waals surface area contributed by atoms with E-state index in [4.69, 9.17) is 16.3 Å². The van der Waals surface area contributed by atoms with Crippen LogP contribution in [0.2, 0.25) is 5.02 Å². The van der Waals surface area contributed by atoms with Crippen molar-refractivity contribution < 1.29 is 19.6 Å². The first kappa shape index (κ1) is 15.8. The van der Waals surface area contributed by atoms with E-state index >= 15 is 0 Å². The Hall–Kier alpha value is -3.06. The smallest absolute Gasteiger partial charge is 0.339 e. The lowest BCUT2D eigenvalue weighted by atomic mass is 10.0. The number of halogens is 1. The topological polar surface area (TPSA) is 102 Å². The third-order valence-corrected chi connectivity index (χ3v) is 3.74. The van der Waals surface area contributed by atoms with Gasteiger partial charge in [-0.3, -0.25) is 10.1 Å². The lowest BCUT2D eigenvalue weighted by molar-refractivity contribution is -0.436. The molecule has 0 unspecified atom stereocenters. The summed E-state index contributed by atoms with van der Waals surface area (Å²) in [5, 5.41) is 24.1. The Labute approximate surface area is 141 Å². The molecule has 0 saturated heterocycles. The lowest BCUT2D eigenvalue weighted by Crippen LogP contribution is -2.12. The van der Waals surface area contributed by atoms with E-state index < -0.39 is 17.0 Å². The van der Waals surface area contributed by atoms with Crippen molar-refractivity contribution >= 4 is 23.3 Å². The Morgan fingerprint density at radius 2 is 2.08 bits per heavy atom. The highest BCUT2D eigenvalue weighted by atomic mass is 35.5. The van der Waals surface area contributed by atoms with Crippen LogP contribution in [0, 0.1) is 10.1 Å². The van der Waals surface area contributed by atoms with Crippen molar-refractivity contribution in [2.45, 2.75) is 6.10 Å². The predicted octanol–water partition coefficient (Wildman–Crippen LogP) is 3.49. The second-order valence-electron chi connectivity index (χ2n) is 5.00. The van der Waals surface area contributed by atoms with E-state index in [0.717, 1.165) is 6.20 Å². The normalized spacial score (nSPS) is 16.5. The first-order valence-corrected chi connectivity index (χ1v) is 7.24. The van der Waals surface area contributed by atoms with E-state index in [1.165, 1.54) is 18.2 Å². The van der Waals surface area contributed by atoms with Gasteiger partial charge in [-0.1, -0.05) is 29.8 Å². The number of nitrogens with zero attached hydrogens (tertiary/aromatic N) is 1. The number of anilines is 1. The number of hydrogen-bond donors (Lipinski definition) is 2. The standard InChI is InChI=1S/C16H11ClN2O5/c17-9-5-6-14(20)12(7-9)18-8-13(19(22)23)15-10-3-1-2-4-11(10)16(21)24-15/h1-8,15,18,20H/t15-/m0/s1. The average molecular weight is 347 g/mol. The van der Waals surface area contributed by atoms with Gasteiger partial charge in [-0.25, -0.2) is 4.79 Å². The minimum Gasteiger partial charge on any atom is -0.506 e. The van der Waals surface area contributed by atoms with Crippen molar-refractivity contribution in [2.75, 3.05) is 5.32 Å². The number of phenols is 1. The molecule has 0 bridgehead atoms. The van der Waals surface area contributed by atoms with Crippen molar-refractivity contribution in [3.63, 3.8) is 0 Å². The SMILES string of the molecule is O=C1O[C@H](C(=CNc2cc(Cl)ccc2O)[N+](=O)[O-])c2ccccc21. The van der Waals surface area contributed by atoms with Crippen LogP contribution < -0.4 is 5.32 Å². The van der Waals surface area contributed by atoms with Crippen molar-refractivity contribution in [3.8, 4) is 5.75 Å². The third-order valence-electron chi connectivity index (χ3n) is 3.50. The maximum Gasteiger partial charge on any atom is 0.339 e. The van der Waals surface area contributed by atoms with E-state index in [1.54, 1.807) is 24.3 Å². The highest BCUT2D eigenvalue weighted by Crippen LogP contribution is 2.36. The summed E-state index contributed by atoms with van der Waals surface area (Å²) in [7, 11) is 0. The van der Waals surface area contributed by atoms with Gasteiger partial charge in [-0.15, -0.1) is 0 Å². The summed E-state index contributed by atoms with van der Waals surface area (Å²) in [6.07, 6.45) is -0.0525. The maximum atomic E-state index is 11.8. The monoisotopic (exact) mass is 346 g/mol. The van der Waals surface area contributed by atoms with Gasteiger partial charge >= 0.3 is 11.7 Å². The molecule has 0 spiro atoms. The fourth-order valence-corrected chi connectivity index (χ4v) is 2.54. The van der Waals surface area contributed by atoms with Gasteiger partial charge in [0.1, 0.15) is 5.75 Å². The van der Waals surface area contributed by atoms with E-state index in [9.17, 15) is 20.0 Å². The molecular formula is C16H11ClN2O5. The van der Waals surface area contributed by atoms with E-state index in [-0.39, 0.29) is 17.1 Å². The molecule has 1 heterocycles. The van der Waals surface area contributed by atoms with E-state index in [1.807, 2.05) is 0 Å². The molecule has 0 aliphatic carbocycles. The molecule has 1 aliphatic heterocycles. The van der Waals surface area contributed by atoms with E-state index in [2.05, 4.69) is 5.32 Å². The number of fused-ring (bicyclic) bond motifs is 1. The maximum absolute atomic E-state index is 11.8. The number of nitrogens with one attached hydrogen (secondary N) is 1. The predicted molar refractivity (Wildman–Crippen MR) is 86.4 cm³/mol. The molecule has 1 aliphatic rings. The Balaban J connectivity index is 1.95. The van der Waals surface area contributed by atoms with Crippen molar-refractivity contribution in [1.82, 2.24) is 0 Å². The molecule has 122 valence electrons. The highest BCUT2D eigenvalue weighted by Gasteiger charge is 2.39. The lowest BCUT2D eigenvalue weighted by Gasteiger charge is -2.09. The van der Waals surface area contributed by atoms with Crippen molar-refractivity contribution in [2.24, 2.45) is 0 Å². The highest BCUT2D eigenvalue weighted by molar-refractivity contribution is 6.30. The largest absolute Gasteiger partial charge is 0.506 e. The molecule has 0 saturated carbocycles. The van der Waals surface area contributed by atoms with Gasteiger partial charge in [-0.2, -0.15) is 0 Å². The van der Waals surface area contributed by atoms with Gasteiger partial charge in [0, 0.05) is 10.6 Å². The van der Waals surface area contributed by atoms with Crippen LogP contribution in [0.5, 0.6) is 5.75 Å². The first-order chi connectivity index (χ1) is 11.5. The van der Waals surface area contributed by atoms with Crippen LogP contribution in [-0.4, -0.2) is 16.0 Å². The number of phenolic OH excluding ortho intramolecular Hbond substituents is 1. The number of cyclic esters (lactones) is 1. The number of hydrogen-bond acceptors (Lipinski definition) is 6. The Morgan fingerprint density at radius 3 is 2.83 bits per heavy atom. The molecule has 2 aromatic rings. The molecule has 7 nitrogen and oxygen atoms in total. The van der Waals surface area contributed by atoms with Crippen LogP contribution in [0.25, 0.3) is 0 Å². The molecule has 24 heavy (non-hydrogen) atoms. The number of nitro groups is 1. The van der Waals surface area contributed by atoms with Crippen LogP contribution in [0.4, 0.5) is 5.69 Å². The minimum absolute atomic E-state index is 0.123. The summed E-state index contributed by atoms with van der Waals surface area (Å²) in [4.78, 5) is 22.6. The average Bonchev–Trinajstić information content (AvgIpc) is 2.88. The molecule has 2 N–H and O–H groups in total. The molecule has 1 atom stereocenters. The number of benzene rings is 2. The minimum atomic E-state index is -1.13. The van der Waals surface area contributed by atoms with Gasteiger partial charge in [0.15, 0.2) is 0 Å². The quantitative estimate of drug-likeness (QED) is 0.380. The van der Waals surface area contributed by atoms with Crippen LogP contribution in [-0.2, 0) is 4.74 Å². The Morgan fingerprint density at radius 1 is 1.33 bits per heavy atom. The first-order valence-electron chi connectivity index (χ1n) is 6.87.